The van der Waals surface area contributed by atoms with Crippen LogP contribution in [0, 0.1) is 23.2 Å². The molecule has 0 atom stereocenters. The van der Waals surface area contributed by atoms with Crippen molar-refractivity contribution >= 4 is 11.6 Å². The third kappa shape index (κ3) is 1.76. The number of nitrogens with two attached hydrogens (primary N) is 1. The van der Waals surface area contributed by atoms with Crippen molar-refractivity contribution in [3.05, 3.63) is 0 Å². The SMILES string of the molecule is NCC1=NN(C(=O)C23CC4CC(CC(C4)C2)C3)CC1. The van der Waals surface area contributed by atoms with Crippen molar-refractivity contribution in [3.63, 3.8) is 0 Å². The fourth-order valence-corrected chi connectivity index (χ4v) is 5.44. The average Bonchev–Trinajstić information content (AvgIpc) is 2.84. The van der Waals surface area contributed by atoms with Gasteiger partial charge in [0.05, 0.1) is 11.1 Å². The van der Waals surface area contributed by atoms with Gasteiger partial charge in [0.2, 0.25) is 5.91 Å². The van der Waals surface area contributed by atoms with Crippen LogP contribution in [0.4, 0.5) is 0 Å². The summed E-state index contributed by atoms with van der Waals surface area (Å²) in [4.78, 5) is 12.9. The minimum absolute atomic E-state index is 0.0533. The summed E-state index contributed by atoms with van der Waals surface area (Å²) in [5.74, 6) is 2.76. The minimum atomic E-state index is -0.0533. The van der Waals surface area contributed by atoms with Crippen molar-refractivity contribution in [3.8, 4) is 0 Å². The molecular weight excluding hydrogens is 238 g/mol. The fraction of sp³-hybridized carbons (Fsp3) is 0.867. The van der Waals surface area contributed by atoms with Gasteiger partial charge in [-0.05, 0) is 56.3 Å². The first kappa shape index (κ1) is 11.9. The van der Waals surface area contributed by atoms with Crippen LogP contribution in [0.5, 0.6) is 0 Å². The van der Waals surface area contributed by atoms with Gasteiger partial charge in [-0.15, -0.1) is 0 Å². The van der Waals surface area contributed by atoms with Crippen LogP contribution < -0.4 is 5.73 Å². The van der Waals surface area contributed by atoms with E-state index in [1.54, 1.807) is 5.01 Å². The first-order chi connectivity index (χ1) is 9.18. The van der Waals surface area contributed by atoms with E-state index in [2.05, 4.69) is 5.10 Å². The van der Waals surface area contributed by atoms with Crippen LogP contribution >= 0.6 is 0 Å². The lowest BCUT2D eigenvalue weighted by atomic mass is 9.49. The Morgan fingerprint density at radius 1 is 1.21 bits per heavy atom. The van der Waals surface area contributed by atoms with E-state index >= 15 is 0 Å². The van der Waals surface area contributed by atoms with Gasteiger partial charge >= 0.3 is 0 Å². The smallest absolute Gasteiger partial charge is 0.248 e. The molecule has 4 nitrogen and oxygen atoms in total. The van der Waals surface area contributed by atoms with E-state index in [-0.39, 0.29) is 5.41 Å². The number of hydrogen-bond acceptors (Lipinski definition) is 3. The Bertz CT molecular complexity index is 407. The molecule has 0 spiro atoms. The van der Waals surface area contributed by atoms with E-state index in [0.717, 1.165) is 55.7 Å². The van der Waals surface area contributed by atoms with Crippen molar-refractivity contribution in [2.75, 3.05) is 13.1 Å². The molecule has 4 bridgehead atoms. The summed E-state index contributed by atoms with van der Waals surface area (Å²) in [5, 5.41) is 6.18. The maximum atomic E-state index is 12.9. The quantitative estimate of drug-likeness (QED) is 0.823. The lowest BCUT2D eigenvalue weighted by Gasteiger charge is -2.56. The Kier molecular flexibility index (Phi) is 2.53. The van der Waals surface area contributed by atoms with Gasteiger partial charge < -0.3 is 5.73 Å². The van der Waals surface area contributed by atoms with Crippen LogP contribution in [0.1, 0.15) is 44.9 Å². The lowest BCUT2D eigenvalue weighted by Crippen LogP contribution is -2.53. The predicted molar refractivity (Wildman–Crippen MR) is 73.4 cm³/mol. The molecule has 0 saturated heterocycles. The number of nitrogens with zero attached hydrogens (tertiary/aromatic N) is 2. The minimum Gasteiger partial charge on any atom is -0.325 e. The van der Waals surface area contributed by atoms with Gasteiger partial charge in [0, 0.05) is 19.5 Å². The molecule has 2 N–H and O–H groups in total. The first-order valence-electron chi connectivity index (χ1n) is 7.77. The number of hydrogen-bond donors (Lipinski definition) is 1. The molecule has 5 rings (SSSR count). The summed E-state index contributed by atoms with van der Waals surface area (Å²) in [6.07, 6.45) is 8.39. The molecule has 4 aliphatic carbocycles. The molecular formula is C15H23N3O. The van der Waals surface area contributed by atoms with Crippen molar-refractivity contribution < 1.29 is 4.79 Å². The molecule has 19 heavy (non-hydrogen) atoms. The van der Waals surface area contributed by atoms with Crippen LogP contribution in [-0.4, -0.2) is 29.7 Å². The molecule has 1 aliphatic heterocycles. The van der Waals surface area contributed by atoms with Gasteiger partial charge in [0.25, 0.3) is 0 Å². The molecule has 1 heterocycles. The molecule has 0 aromatic rings. The number of carbonyl (C=O) groups is 1. The van der Waals surface area contributed by atoms with Gasteiger partial charge in [0.1, 0.15) is 0 Å². The number of rotatable bonds is 2. The summed E-state index contributed by atoms with van der Waals surface area (Å²) >= 11 is 0. The van der Waals surface area contributed by atoms with Crippen LogP contribution in [0.2, 0.25) is 0 Å². The molecule has 0 aromatic heterocycles. The average molecular weight is 261 g/mol. The van der Waals surface area contributed by atoms with Gasteiger partial charge in [-0.1, -0.05) is 0 Å². The van der Waals surface area contributed by atoms with Crippen molar-refractivity contribution in [1.82, 2.24) is 5.01 Å². The third-order valence-electron chi connectivity index (χ3n) is 5.84. The standard InChI is InChI=1S/C15H23N3O/c16-9-13-1-2-18(17-13)14(19)15-6-10-3-11(7-15)5-12(4-10)8-15/h10-12H,1-9,16H2. The Balaban J connectivity index is 1.58. The van der Waals surface area contributed by atoms with Crippen LogP contribution in [0.15, 0.2) is 5.10 Å². The van der Waals surface area contributed by atoms with Crippen LogP contribution in [-0.2, 0) is 4.79 Å². The highest BCUT2D eigenvalue weighted by Gasteiger charge is 2.55. The van der Waals surface area contributed by atoms with Crippen LogP contribution in [0.3, 0.4) is 0 Å². The lowest BCUT2D eigenvalue weighted by molar-refractivity contribution is -0.157. The molecule has 4 heteroatoms. The highest BCUT2D eigenvalue weighted by Crippen LogP contribution is 2.60. The highest BCUT2D eigenvalue weighted by atomic mass is 16.2. The zero-order chi connectivity index (χ0) is 13.0. The normalized spacial score (nSPS) is 43.7. The molecule has 0 aromatic carbocycles. The van der Waals surface area contributed by atoms with E-state index in [4.69, 9.17) is 5.73 Å². The molecule has 0 unspecified atom stereocenters. The number of hydrazone groups is 1. The van der Waals surface area contributed by atoms with E-state index in [9.17, 15) is 4.79 Å². The summed E-state index contributed by atoms with van der Waals surface area (Å²) in [7, 11) is 0. The second kappa shape index (κ2) is 4.05. The predicted octanol–water partition coefficient (Wildman–Crippen LogP) is 1.75. The Morgan fingerprint density at radius 3 is 2.26 bits per heavy atom. The Labute approximate surface area is 114 Å². The van der Waals surface area contributed by atoms with Gasteiger partial charge in [-0.3, -0.25) is 4.79 Å². The Morgan fingerprint density at radius 2 is 1.79 bits per heavy atom. The zero-order valence-electron chi connectivity index (χ0n) is 11.5. The topological polar surface area (TPSA) is 58.7 Å². The van der Waals surface area contributed by atoms with Gasteiger partial charge in [0.15, 0.2) is 0 Å². The second-order valence-electron chi connectivity index (χ2n) is 7.25. The largest absolute Gasteiger partial charge is 0.325 e. The third-order valence-corrected chi connectivity index (χ3v) is 5.84. The summed E-state index contributed by atoms with van der Waals surface area (Å²) in [6, 6.07) is 0. The van der Waals surface area contributed by atoms with E-state index in [1.165, 1.54) is 19.3 Å². The van der Waals surface area contributed by atoms with Gasteiger partial charge in [-0.25, -0.2) is 5.01 Å². The first-order valence-corrected chi connectivity index (χ1v) is 7.77. The van der Waals surface area contributed by atoms with Crippen molar-refractivity contribution in [1.29, 1.82) is 0 Å². The van der Waals surface area contributed by atoms with E-state index < -0.39 is 0 Å². The monoisotopic (exact) mass is 261 g/mol. The molecule has 5 aliphatic rings. The molecule has 0 radical (unpaired) electrons. The molecule has 4 saturated carbocycles. The van der Waals surface area contributed by atoms with Crippen LogP contribution in [0.25, 0.3) is 0 Å². The fourth-order valence-electron chi connectivity index (χ4n) is 5.44. The second-order valence-corrected chi connectivity index (χ2v) is 7.25. The highest BCUT2D eigenvalue weighted by molar-refractivity contribution is 5.92. The molecule has 104 valence electrons. The summed E-state index contributed by atoms with van der Waals surface area (Å²) < 4.78 is 0. The van der Waals surface area contributed by atoms with Gasteiger partial charge in [-0.2, -0.15) is 5.10 Å². The molecule has 1 amide bonds. The number of carbonyl (C=O) groups excluding carboxylic acids is 1. The molecule has 4 fully saturated rings. The summed E-state index contributed by atoms with van der Waals surface area (Å²) in [6.45, 7) is 1.25. The van der Waals surface area contributed by atoms with Crippen molar-refractivity contribution in [2.24, 2.45) is 34.0 Å². The Hall–Kier alpha value is -0.900. The maximum absolute atomic E-state index is 12.9. The number of amides is 1. The van der Waals surface area contributed by atoms with E-state index in [0.29, 0.717) is 12.5 Å². The maximum Gasteiger partial charge on any atom is 0.248 e. The van der Waals surface area contributed by atoms with E-state index in [1.807, 2.05) is 0 Å². The zero-order valence-corrected chi connectivity index (χ0v) is 11.5. The van der Waals surface area contributed by atoms with Crippen molar-refractivity contribution in [2.45, 2.75) is 44.9 Å². The summed E-state index contributed by atoms with van der Waals surface area (Å²) in [5.41, 5.74) is 6.56.